The number of benzene rings is 1. The Labute approximate surface area is 164 Å². The molecule has 0 bridgehead atoms. The Bertz CT molecular complexity index is 1180. The van der Waals surface area contributed by atoms with E-state index in [9.17, 15) is 29.3 Å². The van der Waals surface area contributed by atoms with Crippen molar-refractivity contribution in [1.82, 2.24) is 15.0 Å². The number of anilines is 1. The minimum absolute atomic E-state index is 0.0919. The quantitative estimate of drug-likeness (QED) is 0.301. The molecule has 12 nitrogen and oxygen atoms in total. The highest BCUT2D eigenvalue weighted by atomic mass is 32.1. The maximum Gasteiger partial charge on any atom is 0.355 e. The van der Waals surface area contributed by atoms with E-state index in [0.717, 1.165) is 17.4 Å². The summed E-state index contributed by atoms with van der Waals surface area (Å²) in [5.41, 5.74) is -1.24. The van der Waals surface area contributed by atoms with Gasteiger partial charge in [0.25, 0.3) is 17.2 Å². The lowest BCUT2D eigenvalue weighted by Gasteiger charge is -2.04. The van der Waals surface area contributed by atoms with Crippen LogP contribution in [0, 0.1) is 10.1 Å². The van der Waals surface area contributed by atoms with Gasteiger partial charge in [-0.1, -0.05) is 12.1 Å². The van der Waals surface area contributed by atoms with E-state index >= 15 is 0 Å². The minimum Gasteiger partial charge on any atom is -0.451 e. The highest BCUT2D eigenvalue weighted by Crippen LogP contribution is 2.27. The van der Waals surface area contributed by atoms with E-state index in [1.165, 1.54) is 18.2 Å². The number of nitrogens with zero attached hydrogens (tertiary/aromatic N) is 2. The molecule has 0 spiro atoms. The number of aromatic amines is 2. The summed E-state index contributed by atoms with van der Waals surface area (Å²) in [6.45, 7) is -0.681. The Kier molecular flexibility index (Phi) is 5.59. The van der Waals surface area contributed by atoms with Crippen LogP contribution in [0.4, 0.5) is 10.8 Å². The molecule has 2 aromatic heterocycles. The van der Waals surface area contributed by atoms with Crippen LogP contribution in [0.1, 0.15) is 10.5 Å². The molecular formula is C16H11N5O7S. The second kappa shape index (κ2) is 8.26. The third-order valence-electron chi connectivity index (χ3n) is 3.42. The third kappa shape index (κ3) is 4.98. The Hall–Kier alpha value is -4.13. The number of ether oxygens (including phenoxy) is 1. The van der Waals surface area contributed by atoms with Crippen molar-refractivity contribution in [2.75, 3.05) is 11.9 Å². The minimum atomic E-state index is -1.06. The molecular weight excluding hydrogens is 406 g/mol. The van der Waals surface area contributed by atoms with Crippen LogP contribution >= 0.6 is 11.3 Å². The van der Waals surface area contributed by atoms with Crippen molar-refractivity contribution in [3.63, 3.8) is 0 Å². The first-order valence-corrected chi connectivity index (χ1v) is 8.71. The summed E-state index contributed by atoms with van der Waals surface area (Å²) >= 11 is 1.08. The van der Waals surface area contributed by atoms with Gasteiger partial charge in [-0.3, -0.25) is 30.0 Å². The van der Waals surface area contributed by atoms with E-state index < -0.39 is 40.3 Å². The summed E-state index contributed by atoms with van der Waals surface area (Å²) in [5.74, 6) is -1.76. The third-order valence-corrected chi connectivity index (χ3v) is 4.18. The SMILES string of the molecule is O=C(COC(=O)c1cc(=O)[nH]c(=O)[nH]1)Nc1nc(-c2cccc([N+](=O)[O-])c2)cs1. The lowest BCUT2D eigenvalue weighted by atomic mass is 10.1. The molecule has 3 aromatic rings. The molecule has 0 atom stereocenters. The van der Waals surface area contributed by atoms with Gasteiger partial charge in [0.1, 0.15) is 5.69 Å². The number of amides is 1. The van der Waals surface area contributed by atoms with Crippen molar-refractivity contribution in [3.8, 4) is 11.3 Å². The fourth-order valence-corrected chi connectivity index (χ4v) is 2.92. The maximum atomic E-state index is 11.9. The number of carbonyl (C=O) groups is 2. The van der Waals surface area contributed by atoms with Crippen LogP contribution in [0.2, 0.25) is 0 Å². The Balaban J connectivity index is 1.61. The second-order valence-electron chi connectivity index (χ2n) is 5.47. The highest BCUT2D eigenvalue weighted by Gasteiger charge is 2.14. The zero-order valence-corrected chi connectivity index (χ0v) is 15.1. The van der Waals surface area contributed by atoms with E-state index in [2.05, 4.69) is 15.3 Å². The van der Waals surface area contributed by atoms with Crippen molar-refractivity contribution >= 4 is 34.0 Å². The molecule has 0 unspecified atom stereocenters. The Morgan fingerprint density at radius 3 is 2.76 bits per heavy atom. The summed E-state index contributed by atoms with van der Waals surface area (Å²) in [4.78, 5) is 64.5. The zero-order chi connectivity index (χ0) is 21.0. The predicted octanol–water partition coefficient (Wildman–Crippen LogP) is 0.890. The zero-order valence-electron chi connectivity index (χ0n) is 14.3. The first-order chi connectivity index (χ1) is 13.8. The molecule has 0 fully saturated rings. The molecule has 0 saturated heterocycles. The molecule has 0 aliphatic heterocycles. The van der Waals surface area contributed by atoms with Crippen LogP contribution in [0.25, 0.3) is 11.3 Å². The molecule has 29 heavy (non-hydrogen) atoms. The average molecular weight is 417 g/mol. The molecule has 0 aliphatic carbocycles. The smallest absolute Gasteiger partial charge is 0.355 e. The van der Waals surface area contributed by atoms with Crippen molar-refractivity contribution in [3.05, 3.63) is 72.4 Å². The molecule has 1 aromatic carbocycles. The summed E-state index contributed by atoms with van der Waals surface area (Å²) in [6.07, 6.45) is 0. The van der Waals surface area contributed by atoms with E-state index in [-0.39, 0.29) is 10.8 Å². The molecule has 3 N–H and O–H groups in total. The fourth-order valence-electron chi connectivity index (χ4n) is 2.19. The van der Waals surface area contributed by atoms with Crippen LogP contribution in [0.3, 0.4) is 0 Å². The van der Waals surface area contributed by atoms with Crippen LogP contribution in [-0.2, 0) is 9.53 Å². The number of esters is 1. The Morgan fingerprint density at radius 2 is 2.03 bits per heavy atom. The topological polar surface area (TPSA) is 177 Å². The van der Waals surface area contributed by atoms with Crippen molar-refractivity contribution in [2.45, 2.75) is 0 Å². The largest absolute Gasteiger partial charge is 0.451 e. The monoisotopic (exact) mass is 417 g/mol. The fraction of sp³-hybridized carbons (Fsp3) is 0.0625. The number of hydrogen-bond acceptors (Lipinski definition) is 9. The molecule has 0 saturated carbocycles. The van der Waals surface area contributed by atoms with Gasteiger partial charge in [0, 0.05) is 29.1 Å². The van der Waals surface area contributed by atoms with E-state index in [1.807, 2.05) is 4.98 Å². The summed E-state index contributed by atoms with van der Waals surface area (Å²) in [5, 5.41) is 15.1. The molecule has 3 rings (SSSR count). The van der Waals surface area contributed by atoms with Gasteiger partial charge in [0.15, 0.2) is 11.7 Å². The van der Waals surface area contributed by atoms with E-state index in [0.29, 0.717) is 11.3 Å². The molecule has 1 amide bonds. The van der Waals surface area contributed by atoms with E-state index in [4.69, 9.17) is 4.74 Å². The van der Waals surface area contributed by atoms with Gasteiger partial charge in [0.2, 0.25) is 0 Å². The first-order valence-electron chi connectivity index (χ1n) is 7.83. The van der Waals surface area contributed by atoms with Crippen LogP contribution < -0.4 is 16.6 Å². The van der Waals surface area contributed by atoms with Gasteiger partial charge < -0.3 is 9.72 Å². The first kappa shape index (κ1) is 19.6. The number of carbonyl (C=O) groups excluding carboxylic acids is 2. The van der Waals surface area contributed by atoms with E-state index in [1.54, 1.807) is 11.4 Å². The number of nitro groups is 1. The maximum absolute atomic E-state index is 11.9. The number of H-pyrrole nitrogens is 2. The lowest BCUT2D eigenvalue weighted by Crippen LogP contribution is -2.27. The van der Waals surface area contributed by atoms with Gasteiger partial charge in [-0.05, 0) is 0 Å². The standard InChI is InChI=1S/C16H11N5O7S/c22-12-5-10(17-15(25)19-12)14(24)28-6-13(23)20-16-18-11(7-29-16)8-2-1-3-9(4-8)21(26)27/h1-5,7H,6H2,(H,18,20,23)(H2,17,19,22,25). The second-order valence-corrected chi connectivity index (χ2v) is 6.33. The lowest BCUT2D eigenvalue weighted by molar-refractivity contribution is -0.384. The van der Waals surface area contributed by atoms with Crippen molar-refractivity contribution in [2.24, 2.45) is 0 Å². The van der Waals surface area contributed by atoms with Gasteiger partial charge in [-0.25, -0.2) is 14.6 Å². The summed E-state index contributed by atoms with van der Waals surface area (Å²) in [7, 11) is 0. The number of hydrogen-bond donors (Lipinski definition) is 3. The van der Waals surface area contributed by atoms with Crippen molar-refractivity contribution in [1.29, 1.82) is 0 Å². The summed E-state index contributed by atoms with van der Waals surface area (Å²) in [6, 6.07) is 6.68. The molecule has 0 aliphatic rings. The molecule has 0 radical (unpaired) electrons. The number of aromatic nitrogens is 3. The van der Waals surface area contributed by atoms with Gasteiger partial charge >= 0.3 is 11.7 Å². The number of thiazole rings is 1. The van der Waals surface area contributed by atoms with Crippen molar-refractivity contribution < 1.29 is 19.2 Å². The van der Waals surface area contributed by atoms with Crippen LogP contribution in [-0.4, -0.2) is 38.4 Å². The highest BCUT2D eigenvalue weighted by molar-refractivity contribution is 7.14. The average Bonchev–Trinajstić information content (AvgIpc) is 3.14. The number of nitro benzene ring substituents is 1. The normalized spacial score (nSPS) is 10.3. The summed E-state index contributed by atoms with van der Waals surface area (Å²) < 4.78 is 4.73. The van der Waals surface area contributed by atoms with Crippen LogP contribution in [0.5, 0.6) is 0 Å². The number of non-ortho nitro benzene ring substituents is 1. The number of nitrogens with one attached hydrogen (secondary N) is 3. The number of rotatable bonds is 6. The molecule has 148 valence electrons. The molecule has 13 heteroatoms. The van der Waals surface area contributed by atoms with Gasteiger partial charge in [-0.2, -0.15) is 0 Å². The predicted molar refractivity (Wildman–Crippen MR) is 101 cm³/mol. The van der Waals surface area contributed by atoms with Crippen LogP contribution in [0.15, 0.2) is 45.3 Å². The molecule has 2 heterocycles. The Morgan fingerprint density at radius 1 is 1.24 bits per heavy atom. The van der Waals surface area contributed by atoms with Gasteiger partial charge in [0.05, 0.1) is 10.6 Å². The van der Waals surface area contributed by atoms with Gasteiger partial charge in [-0.15, -0.1) is 11.3 Å².